The van der Waals surface area contributed by atoms with E-state index in [1.54, 1.807) is 0 Å². The number of benzene rings is 1. The molecule has 0 aromatic heterocycles. The van der Waals surface area contributed by atoms with Crippen LogP contribution in [0.1, 0.15) is 19.4 Å². The van der Waals surface area contributed by atoms with Gasteiger partial charge < -0.3 is 10.2 Å². The largest absolute Gasteiger partial charge is 0.319 e. The fourth-order valence-electron chi connectivity index (χ4n) is 2.24. The van der Waals surface area contributed by atoms with E-state index in [4.69, 9.17) is 0 Å². The van der Waals surface area contributed by atoms with Gasteiger partial charge in [0.15, 0.2) is 0 Å². The van der Waals surface area contributed by atoms with E-state index >= 15 is 0 Å². The van der Waals surface area contributed by atoms with Crippen LogP contribution >= 0.6 is 0 Å². The second-order valence-corrected chi connectivity index (χ2v) is 5.70. The molecule has 0 aliphatic heterocycles. The normalized spacial score (nSPS) is 13.2. The van der Waals surface area contributed by atoms with Crippen molar-refractivity contribution in [2.24, 2.45) is 11.8 Å². The predicted octanol–water partition coefficient (Wildman–Crippen LogP) is 2.79. The molecule has 0 bridgehead atoms. The Morgan fingerprint density at radius 2 is 1.84 bits per heavy atom. The molecule has 0 amide bonds. The highest BCUT2D eigenvalue weighted by molar-refractivity contribution is 5.16. The molecule has 0 fully saturated rings. The molecular weight excluding hydrogens is 239 g/mol. The second-order valence-electron chi connectivity index (χ2n) is 5.70. The van der Waals surface area contributed by atoms with Crippen molar-refractivity contribution in [1.82, 2.24) is 10.2 Å². The van der Waals surface area contributed by atoms with Crippen LogP contribution in [0.15, 0.2) is 24.3 Å². The van der Waals surface area contributed by atoms with E-state index in [-0.39, 0.29) is 5.82 Å². The van der Waals surface area contributed by atoms with Gasteiger partial charge in [-0.2, -0.15) is 0 Å². The number of rotatable bonds is 8. The summed E-state index contributed by atoms with van der Waals surface area (Å²) >= 11 is 0. The first-order valence-corrected chi connectivity index (χ1v) is 7.10. The van der Waals surface area contributed by atoms with E-state index in [0.29, 0.717) is 11.8 Å². The maximum atomic E-state index is 12.8. The quantitative estimate of drug-likeness (QED) is 0.778. The summed E-state index contributed by atoms with van der Waals surface area (Å²) in [5.41, 5.74) is 1.20. The SMILES string of the molecule is CNCC(CN(C)CCc1ccc(F)cc1)C(C)C. The zero-order chi connectivity index (χ0) is 14.3. The molecule has 0 heterocycles. The van der Waals surface area contributed by atoms with Gasteiger partial charge >= 0.3 is 0 Å². The molecule has 0 aliphatic carbocycles. The molecule has 0 aliphatic rings. The monoisotopic (exact) mass is 266 g/mol. The molecule has 1 aromatic carbocycles. The predicted molar refractivity (Wildman–Crippen MR) is 79.9 cm³/mol. The van der Waals surface area contributed by atoms with Crippen LogP contribution in [0, 0.1) is 17.7 Å². The molecule has 1 N–H and O–H groups in total. The van der Waals surface area contributed by atoms with Crippen LogP contribution in [0.5, 0.6) is 0 Å². The topological polar surface area (TPSA) is 15.3 Å². The average Bonchev–Trinajstić information content (AvgIpc) is 2.37. The van der Waals surface area contributed by atoms with Gasteiger partial charge in [-0.25, -0.2) is 4.39 Å². The Morgan fingerprint density at radius 1 is 1.21 bits per heavy atom. The van der Waals surface area contributed by atoms with Crippen molar-refractivity contribution in [2.45, 2.75) is 20.3 Å². The van der Waals surface area contributed by atoms with Gasteiger partial charge in [-0.3, -0.25) is 0 Å². The molecule has 1 atom stereocenters. The zero-order valence-corrected chi connectivity index (χ0v) is 12.6. The third-order valence-corrected chi connectivity index (χ3v) is 3.65. The third-order valence-electron chi connectivity index (χ3n) is 3.65. The van der Waals surface area contributed by atoms with E-state index in [0.717, 1.165) is 26.1 Å². The Hall–Kier alpha value is -0.930. The molecule has 0 radical (unpaired) electrons. The third kappa shape index (κ3) is 6.17. The summed E-state index contributed by atoms with van der Waals surface area (Å²) in [6.45, 7) is 7.71. The molecule has 2 nitrogen and oxygen atoms in total. The average molecular weight is 266 g/mol. The van der Waals surface area contributed by atoms with Crippen LogP contribution < -0.4 is 5.32 Å². The summed E-state index contributed by atoms with van der Waals surface area (Å²) in [4.78, 5) is 2.37. The number of nitrogens with one attached hydrogen (secondary N) is 1. The second kappa shape index (κ2) is 8.28. The molecule has 108 valence electrons. The molecule has 19 heavy (non-hydrogen) atoms. The minimum absolute atomic E-state index is 0.161. The van der Waals surface area contributed by atoms with E-state index in [9.17, 15) is 4.39 Å². The van der Waals surface area contributed by atoms with Crippen LogP contribution in [-0.4, -0.2) is 38.6 Å². The van der Waals surface area contributed by atoms with Crippen molar-refractivity contribution in [1.29, 1.82) is 0 Å². The van der Waals surface area contributed by atoms with Gasteiger partial charge in [-0.15, -0.1) is 0 Å². The fraction of sp³-hybridized carbons (Fsp3) is 0.625. The smallest absolute Gasteiger partial charge is 0.123 e. The Labute approximate surface area is 117 Å². The first kappa shape index (κ1) is 16.1. The molecule has 3 heteroatoms. The lowest BCUT2D eigenvalue weighted by Gasteiger charge is -2.26. The molecule has 1 rings (SSSR count). The Morgan fingerprint density at radius 3 is 2.37 bits per heavy atom. The van der Waals surface area contributed by atoms with Gasteiger partial charge in [-0.05, 0) is 56.6 Å². The summed E-state index contributed by atoms with van der Waals surface area (Å²) in [6.07, 6.45) is 0.973. The molecule has 0 saturated carbocycles. The van der Waals surface area contributed by atoms with Crippen molar-refractivity contribution in [3.8, 4) is 0 Å². The molecular formula is C16H27FN2. The van der Waals surface area contributed by atoms with E-state index < -0.39 is 0 Å². The highest BCUT2D eigenvalue weighted by Crippen LogP contribution is 2.12. The minimum Gasteiger partial charge on any atom is -0.319 e. The Balaban J connectivity index is 2.37. The van der Waals surface area contributed by atoms with E-state index in [1.165, 1.54) is 17.7 Å². The van der Waals surface area contributed by atoms with Crippen molar-refractivity contribution >= 4 is 0 Å². The molecule has 0 saturated heterocycles. The van der Waals surface area contributed by atoms with Crippen molar-refractivity contribution in [3.05, 3.63) is 35.6 Å². The lowest BCUT2D eigenvalue weighted by Crippen LogP contribution is -2.35. The van der Waals surface area contributed by atoms with Crippen LogP contribution in [-0.2, 0) is 6.42 Å². The van der Waals surface area contributed by atoms with E-state index in [1.807, 2.05) is 19.2 Å². The Bertz CT molecular complexity index is 348. The summed E-state index contributed by atoms with van der Waals surface area (Å²) in [7, 11) is 4.17. The molecule has 0 spiro atoms. The van der Waals surface area contributed by atoms with Crippen molar-refractivity contribution < 1.29 is 4.39 Å². The lowest BCUT2D eigenvalue weighted by molar-refractivity contribution is 0.235. The lowest BCUT2D eigenvalue weighted by atomic mass is 9.95. The highest BCUT2D eigenvalue weighted by atomic mass is 19.1. The van der Waals surface area contributed by atoms with Crippen LogP contribution in [0.25, 0.3) is 0 Å². The number of halogens is 1. The molecule has 1 aromatic rings. The standard InChI is InChI=1S/C16H27FN2/c1-13(2)15(11-18-3)12-19(4)10-9-14-5-7-16(17)8-6-14/h5-8,13,15,18H,9-12H2,1-4H3. The molecule has 1 unspecified atom stereocenters. The first-order valence-electron chi connectivity index (χ1n) is 7.10. The van der Waals surface area contributed by atoms with Gasteiger partial charge in [0.1, 0.15) is 5.82 Å². The van der Waals surface area contributed by atoms with Gasteiger partial charge in [0.05, 0.1) is 0 Å². The number of hydrogen-bond donors (Lipinski definition) is 1. The number of hydrogen-bond acceptors (Lipinski definition) is 2. The fourth-order valence-corrected chi connectivity index (χ4v) is 2.24. The van der Waals surface area contributed by atoms with Gasteiger partial charge in [-0.1, -0.05) is 26.0 Å². The van der Waals surface area contributed by atoms with Gasteiger partial charge in [0.2, 0.25) is 0 Å². The minimum atomic E-state index is -0.161. The van der Waals surface area contributed by atoms with Crippen molar-refractivity contribution in [2.75, 3.05) is 33.7 Å². The van der Waals surface area contributed by atoms with E-state index in [2.05, 4.69) is 31.1 Å². The Kier molecular flexibility index (Phi) is 7.03. The first-order chi connectivity index (χ1) is 9.02. The zero-order valence-electron chi connectivity index (χ0n) is 12.6. The summed E-state index contributed by atoms with van der Waals surface area (Å²) in [5.74, 6) is 1.19. The summed E-state index contributed by atoms with van der Waals surface area (Å²) < 4.78 is 12.8. The summed E-state index contributed by atoms with van der Waals surface area (Å²) in [6, 6.07) is 6.81. The van der Waals surface area contributed by atoms with Crippen LogP contribution in [0.4, 0.5) is 4.39 Å². The number of likely N-dealkylation sites (N-methyl/N-ethyl adjacent to an activating group) is 1. The van der Waals surface area contributed by atoms with Gasteiger partial charge in [0, 0.05) is 13.1 Å². The van der Waals surface area contributed by atoms with Crippen LogP contribution in [0.2, 0.25) is 0 Å². The maximum Gasteiger partial charge on any atom is 0.123 e. The maximum absolute atomic E-state index is 12.8. The van der Waals surface area contributed by atoms with Crippen LogP contribution in [0.3, 0.4) is 0 Å². The highest BCUT2D eigenvalue weighted by Gasteiger charge is 2.14. The van der Waals surface area contributed by atoms with Crippen molar-refractivity contribution in [3.63, 3.8) is 0 Å². The number of nitrogens with zero attached hydrogens (tertiary/aromatic N) is 1. The van der Waals surface area contributed by atoms with Gasteiger partial charge in [0.25, 0.3) is 0 Å². The summed E-state index contributed by atoms with van der Waals surface area (Å²) in [5, 5.41) is 3.27.